The molecule has 3 aromatic carbocycles. The molecule has 0 aliphatic heterocycles. The zero-order valence-corrected chi connectivity index (χ0v) is 18.1. The molecule has 0 aliphatic carbocycles. The van der Waals surface area contributed by atoms with Gasteiger partial charge in [0.05, 0.1) is 4.90 Å². The third kappa shape index (κ3) is 6.82. The highest BCUT2D eigenvalue weighted by Gasteiger charge is 2.04. The van der Waals surface area contributed by atoms with Crippen LogP contribution in [0.4, 0.5) is 0 Å². The van der Waals surface area contributed by atoms with Crippen LogP contribution in [0, 0.1) is 13.8 Å². The van der Waals surface area contributed by atoms with Gasteiger partial charge in [-0.1, -0.05) is 48.9 Å². The van der Waals surface area contributed by atoms with Crippen molar-refractivity contribution in [1.29, 1.82) is 0 Å². The Labute approximate surface area is 172 Å². The molecular weight excluding hydrogens is 388 g/mol. The summed E-state index contributed by atoms with van der Waals surface area (Å²) in [5, 5.41) is 0. The second kappa shape index (κ2) is 10.5. The van der Waals surface area contributed by atoms with Gasteiger partial charge in [-0.3, -0.25) is 0 Å². The maximum Gasteiger partial charge on any atom is 0.152 e. The first-order valence-corrected chi connectivity index (χ1v) is 11.7. The van der Waals surface area contributed by atoms with Gasteiger partial charge < -0.3 is 4.55 Å². The summed E-state index contributed by atoms with van der Waals surface area (Å²) in [5.74, 6) is 1.25. The van der Waals surface area contributed by atoms with Gasteiger partial charge in [0, 0.05) is 11.8 Å². The molecule has 3 aromatic rings. The highest BCUT2D eigenvalue weighted by atomic mass is 32.2. The smallest absolute Gasteiger partial charge is 0.152 e. The molecule has 0 saturated carbocycles. The highest BCUT2D eigenvalue weighted by molar-refractivity contribution is 7.85. The molecule has 28 heavy (non-hydrogen) atoms. The van der Waals surface area contributed by atoms with Gasteiger partial charge in [0.15, 0.2) is 4.90 Å². The summed E-state index contributed by atoms with van der Waals surface area (Å²) in [4.78, 5) is 1.24. The van der Waals surface area contributed by atoms with Crippen LogP contribution in [0.3, 0.4) is 0 Å². The Hall–Kier alpha value is -2.08. The lowest BCUT2D eigenvalue weighted by molar-refractivity contribution is 0.463. The molecule has 0 spiro atoms. The Morgan fingerprint density at radius 1 is 0.857 bits per heavy atom. The predicted molar refractivity (Wildman–Crippen MR) is 118 cm³/mol. The molecule has 0 fully saturated rings. The third-order valence-corrected chi connectivity index (χ3v) is 6.33. The third-order valence-electron chi connectivity index (χ3n) is 4.15. The minimum Gasteiger partial charge on any atom is -0.744 e. The maximum absolute atomic E-state index is 10.4. The summed E-state index contributed by atoms with van der Waals surface area (Å²) in [5.41, 5.74) is 4.92. The van der Waals surface area contributed by atoms with E-state index in [-0.39, 0.29) is 4.90 Å². The lowest BCUT2D eigenvalue weighted by Gasteiger charge is -2.05. The zero-order chi connectivity index (χ0) is 20.6. The molecule has 0 unspecified atom stereocenters. The monoisotopic (exact) mass is 414 g/mol. The van der Waals surface area contributed by atoms with E-state index in [2.05, 4.69) is 62.4 Å². The van der Waals surface area contributed by atoms with Crippen LogP contribution in [-0.4, -0.2) is 18.7 Å². The van der Waals surface area contributed by atoms with Crippen LogP contribution in [-0.2, 0) is 21.9 Å². The summed E-state index contributed by atoms with van der Waals surface area (Å²) >= 11 is 1.44. The highest BCUT2D eigenvalue weighted by Crippen LogP contribution is 2.23. The Bertz CT molecular complexity index is 977. The van der Waals surface area contributed by atoms with Crippen molar-refractivity contribution in [1.82, 2.24) is 0 Å². The Balaban J connectivity index is 0.000000221. The fraction of sp³-hybridized carbons (Fsp3) is 0.217. The standard InChI is InChI=1S/C16H18S.C7H8O3S/c1-3-12-17-15-10-8-14(9-11-15)16-7-5-4-6-13(16)2;1-6-2-4-7(5-3-6)11(8,9)10/h4-11H,3,12H2,1-2H3;2-5H,1H3,(H,8,9,10). The number of benzene rings is 3. The molecule has 0 radical (unpaired) electrons. The van der Waals surface area contributed by atoms with Gasteiger partial charge in [0.1, 0.15) is 15.9 Å². The van der Waals surface area contributed by atoms with Crippen LogP contribution in [0.2, 0.25) is 0 Å². The maximum atomic E-state index is 10.4. The van der Waals surface area contributed by atoms with Gasteiger partial charge >= 0.3 is 0 Å². The van der Waals surface area contributed by atoms with Crippen molar-refractivity contribution >= 4 is 21.9 Å². The number of hydrogen-bond donors (Lipinski definition) is 0. The first-order valence-electron chi connectivity index (χ1n) is 9.17. The molecule has 3 rings (SSSR count). The van der Waals surface area contributed by atoms with Crippen molar-refractivity contribution in [2.45, 2.75) is 37.0 Å². The van der Waals surface area contributed by atoms with Gasteiger partial charge in [-0.05, 0) is 73.4 Å². The number of hydrogen-bond acceptors (Lipinski definition) is 3. The summed E-state index contributed by atoms with van der Waals surface area (Å²) in [6, 6.07) is 23.3. The van der Waals surface area contributed by atoms with E-state index in [1.54, 1.807) is 12.1 Å². The normalized spacial score (nSPS) is 10.9. The van der Waals surface area contributed by atoms with E-state index in [0.29, 0.717) is 0 Å². The van der Waals surface area contributed by atoms with Gasteiger partial charge in [0.2, 0.25) is 0 Å². The number of aryl methyl sites for hydroxylation is 2. The molecule has 5 heteroatoms. The van der Waals surface area contributed by atoms with Crippen molar-refractivity contribution in [2.75, 3.05) is 5.75 Å². The fourth-order valence-corrected chi connectivity index (χ4v) is 3.90. The van der Waals surface area contributed by atoms with Gasteiger partial charge in [-0.25, -0.2) is 8.42 Å². The summed E-state index contributed by atoms with van der Waals surface area (Å²) in [6.07, 6.45) is 1.25. The molecular formula is C23H26O3S2. The van der Waals surface area contributed by atoms with Gasteiger partial charge in [-0.2, -0.15) is 0 Å². The molecule has 0 saturated heterocycles. The molecule has 148 valence electrons. The van der Waals surface area contributed by atoms with E-state index >= 15 is 0 Å². The van der Waals surface area contributed by atoms with Gasteiger partial charge in [-0.15, -0.1) is 0 Å². The Morgan fingerprint density at radius 3 is 2.00 bits per heavy atom. The molecule has 3 nitrogen and oxygen atoms in total. The average Bonchev–Trinajstić information content (AvgIpc) is 2.67. The Kier molecular flexibility index (Phi) is 8.30. The van der Waals surface area contributed by atoms with Crippen LogP contribution in [0.5, 0.6) is 0 Å². The van der Waals surface area contributed by atoms with E-state index in [1.807, 2.05) is 6.92 Å². The first kappa shape index (κ1) is 22.2. The molecule has 0 heterocycles. The molecule has 0 N–H and O–H groups in total. The molecule has 0 atom stereocenters. The Morgan fingerprint density at radius 2 is 1.46 bits per heavy atom. The minimum absolute atomic E-state index is 0.178. The number of thiol groups is 1. The quantitative estimate of drug-likeness (QED) is 0.330. The zero-order valence-electron chi connectivity index (χ0n) is 16.4. The second-order valence-electron chi connectivity index (χ2n) is 6.51. The van der Waals surface area contributed by atoms with Crippen molar-refractivity contribution in [2.24, 2.45) is 0 Å². The van der Waals surface area contributed by atoms with E-state index < -0.39 is 10.1 Å². The summed E-state index contributed by atoms with van der Waals surface area (Å²) in [6.45, 7) is 6.22. The summed E-state index contributed by atoms with van der Waals surface area (Å²) < 4.78 is 31.2. The average molecular weight is 415 g/mol. The van der Waals surface area contributed by atoms with Crippen molar-refractivity contribution in [3.63, 3.8) is 0 Å². The predicted octanol–water partition coefficient (Wildman–Crippen LogP) is 5.14. The lowest BCUT2D eigenvalue weighted by Crippen LogP contribution is -1.97. The molecule has 0 aromatic heterocycles. The van der Waals surface area contributed by atoms with E-state index in [4.69, 9.17) is 0 Å². The van der Waals surface area contributed by atoms with Crippen LogP contribution in [0.1, 0.15) is 24.5 Å². The van der Waals surface area contributed by atoms with E-state index in [9.17, 15) is 13.0 Å². The second-order valence-corrected chi connectivity index (χ2v) is 9.17. The fourth-order valence-electron chi connectivity index (χ4n) is 2.59. The molecule has 0 amide bonds. The van der Waals surface area contributed by atoms with Crippen molar-refractivity contribution in [3.8, 4) is 11.1 Å². The summed E-state index contributed by atoms with van der Waals surface area (Å²) in [7, 11) is -4.27. The minimum atomic E-state index is -4.27. The van der Waals surface area contributed by atoms with Crippen molar-refractivity contribution < 1.29 is 13.0 Å². The molecule has 0 aliphatic rings. The molecule has 0 bridgehead atoms. The van der Waals surface area contributed by atoms with Crippen LogP contribution in [0.25, 0.3) is 11.1 Å². The van der Waals surface area contributed by atoms with Gasteiger partial charge in [0.25, 0.3) is 0 Å². The van der Waals surface area contributed by atoms with Crippen molar-refractivity contribution in [3.05, 3.63) is 83.9 Å². The largest absolute Gasteiger partial charge is 0.744 e. The topological polar surface area (TPSA) is 57.2 Å². The number of rotatable bonds is 5. The SMILES string of the molecule is CCC[SH+]c1ccc(-c2ccccc2C)cc1.Cc1ccc(S(=O)(=O)[O-])cc1. The lowest BCUT2D eigenvalue weighted by atomic mass is 10.0. The first-order chi connectivity index (χ1) is 13.3. The van der Waals surface area contributed by atoms with Crippen LogP contribution >= 0.6 is 0 Å². The van der Waals surface area contributed by atoms with Crippen LogP contribution < -0.4 is 0 Å². The van der Waals surface area contributed by atoms with E-state index in [0.717, 1.165) is 5.56 Å². The van der Waals surface area contributed by atoms with E-state index in [1.165, 1.54) is 57.7 Å². The van der Waals surface area contributed by atoms with Crippen LogP contribution in [0.15, 0.2) is 82.6 Å².